The van der Waals surface area contributed by atoms with Gasteiger partial charge in [0.05, 0.1) is 24.1 Å². The maximum atomic E-state index is 14.1. The summed E-state index contributed by atoms with van der Waals surface area (Å²) in [6.07, 6.45) is 3.28. The summed E-state index contributed by atoms with van der Waals surface area (Å²) >= 11 is 0. The number of hydrogen-bond acceptors (Lipinski definition) is 10. The van der Waals surface area contributed by atoms with Gasteiger partial charge in [-0.25, -0.2) is 0 Å². The molecule has 1 aromatic carbocycles. The van der Waals surface area contributed by atoms with Gasteiger partial charge in [-0.05, 0) is 61.5 Å². The number of amides is 1. The number of aromatic hydroxyl groups is 1. The van der Waals surface area contributed by atoms with E-state index in [-0.39, 0.29) is 41.7 Å². The molecule has 0 spiro atoms. The Morgan fingerprint density at radius 2 is 1.90 bits per heavy atom. The molecule has 11 heteroatoms. The Bertz CT molecular complexity index is 1550. The number of fused-ring (bicyclic) bond motifs is 3. The van der Waals surface area contributed by atoms with Crippen molar-refractivity contribution in [1.82, 2.24) is 10.2 Å². The highest BCUT2D eigenvalue weighted by Gasteiger charge is 2.64. The SMILES string of the molecule is CN(C)C1C(=O)C(C(N)=O)=C(O)[C@]2(O)C(=O)C3=C(O)c4c(O)c(CNCC(C)(C)C)cc(-c5ccoc5)c4C[C@@H]3C[C@H]12. The minimum absolute atomic E-state index is 0.0201. The molecule has 1 unspecified atom stereocenters. The number of primary amides is 1. The monoisotopic (exact) mass is 579 g/mol. The number of rotatable bonds is 6. The van der Waals surface area contributed by atoms with Gasteiger partial charge in [-0.3, -0.25) is 19.3 Å². The molecule has 11 nitrogen and oxygen atoms in total. The molecule has 4 atom stereocenters. The Hall–Kier alpha value is -3.93. The number of aliphatic hydroxyl groups is 3. The molecule has 2 aromatic rings. The number of nitrogens with two attached hydrogens (primary N) is 1. The normalized spacial score (nSPS) is 25.9. The van der Waals surface area contributed by atoms with Crippen LogP contribution in [-0.2, 0) is 27.3 Å². The van der Waals surface area contributed by atoms with Crippen LogP contribution in [0.4, 0.5) is 0 Å². The first-order valence-electron chi connectivity index (χ1n) is 13.8. The van der Waals surface area contributed by atoms with Crippen molar-refractivity contribution in [2.75, 3.05) is 20.6 Å². The molecular formula is C31H37N3O8. The van der Waals surface area contributed by atoms with Crippen LogP contribution in [0.1, 0.15) is 43.9 Å². The third-order valence-corrected chi connectivity index (χ3v) is 8.60. The van der Waals surface area contributed by atoms with Crippen molar-refractivity contribution in [2.45, 2.75) is 51.8 Å². The molecule has 224 valence electrons. The summed E-state index contributed by atoms with van der Waals surface area (Å²) in [6, 6.07) is 2.45. The molecule has 1 heterocycles. The van der Waals surface area contributed by atoms with E-state index in [1.165, 1.54) is 11.2 Å². The number of phenolic OH excluding ortho intramolecular Hbond substituents is 1. The molecule has 0 bridgehead atoms. The number of carbonyl (C=O) groups excluding carboxylic acids is 3. The van der Waals surface area contributed by atoms with E-state index in [0.717, 1.165) is 0 Å². The van der Waals surface area contributed by atoms with Gasteiger partial charge in [0.25, 0.3) is 5.91 Å². The number of ketones is 2. The number of nitrogens with one attached hydrogen (secondary N) is 1. The zero-order valence-electron chi connectivity index (χ0n) is 24.3. The van der Waals surface area contributed by atoms with Crippen molar-refractivity contribution in [3.8, 4) is 16.9 Å². The van der Waals surface area contributed by atoms with Crippen molar-refractivity contribution in [2.24, 2.45) is 23.0 Å². The van der Waals surface area contributed by atoms with E-state index in [1.54, 1.807) is 26.4 Å². The number of likely N-dealkylation sites (N-methyl/N-ethyl adjacent to an activating group) is 1. The highest BCUT2D eigenvalue weighted by molar-refractivity contribution is 6.24. The quantitative estimate of drug-likeness (QED) is 0.277. The zero-order valence-corrected chi connectivity index (χ0v) is 24.3. The molecule has 0 aliphatic heterocycles. The van der Waals surface area contributed by atoms with Gasteiger partial charge in [-0.2, -0.15) is 0 Å². The number of phenols is 1. The van der Waals surface area contributed by atoms with Crippen LogP contribution in [0.5, 0.6) is 5.75 Å². The summed E-state index contributed by atoms with van der Waals surface area (Å²) in [7, 11) is 3.13. The van der Waals surface area contributed by atoms with Crippen LogP contribution in [0.25, 0.3) is 16.9 Å². The highest BCUT2D eigenvalue weighted by atomic mass is 16.3. The summed E-state index contributed by atoms with van der Waals surface area (Å²) in [5.41, 5.74) is 4.19. The molecule has 0 radical (unpaired) electrons. The molecule has 3 aliphatic rings. The van der Waals surface area contributed by atoms with Crippen molar-refractivity contribution in [3.05, 3.63) is 58.3 Å². The first-order valence-corrected chi connectivity index (χ1v) is 13.8. The van der Waals surface area contributed by atoms with Crippen LogP contribution >= 0.6 is 0 Å². The second kappa shape index (κ2) is 10.1. The maximum absolute atomic E-state index is 14.1. The first kappa shape index (κ1) is 29.6. The average molecular weight is 580 g/mol. The standard InChI is InChI=1S/C31H37N3O8/c1-30(2,3)13-33-11-16-9-17(14-6-7-42-12-14)18-8-15-10-19-23(34(4)5)26(37)22(29(32)40)28(39)31(19,41)27(38)20(15)25(36)21(18)24(16)35/h6-7,9,12,15,19,23,33,35-36,39,41H,8,10-11,13H2,1-5H3,(H2,32,40)/t15-,19-,23?,31-/m1/s1. The number of aliphatic hydroxyl groups excluding tert-OH is 2. The summed E-state index contributed by atoms with van der Waals surface area (Å²) in [6.45, 7) is 7.12. The van der Waals surface area contributed by atoms with Crippen LogP contribution in [0.3, 0.4) is 0 Å². The maximum Gasteiger partial charge on any atom is 0.255 e. The Morgan fingerprint density at radius 1 is 1.21 bits per heavy atom. The number of hydrogen-bond donors (Lipinski definition) is 6. The van der Waals surface area contributed by atoms with Crippen LogP contribution in [0.2, 0.25) is 0 Å². The van der Waals surface area contributed by atoms with Crippen molar-refractivity contribution >= 4 is 23.2 Å². The number of furan rings is 1. The fourth-order valence-electron chi connectivity index (χ4n) is 6.75. The molecule has 3 aliphatic carbocycles. The zero-order chi connectivity index (χ0) is 30.9. The minimum Gasteiger partial charge on any atom is -0.508 e. The topological polar surface area (TPSA) is 187 Å². The molecule has 0 saturated heterocycles. The largest absolute Gasteiger partial charge is 0.508 e. The highest BCUT2D eigenvalue weighted by Crippen LogP contribution is 2.54. The predicted molar refractivity (Wildman–Crippen MR) is 153 cm³/mol. The van der Waals surface area contributed by atoms with E-state index >= 15 is 0 Å². The van der Waals surface area contributed by atoms with Crippen LogP contribution < -0.4 is 11.1 Å². The fraction of sp³-hybridized carbons (Fsp3) is 0.452. The third-order valence-electron chi connectivity index (χ3n) is 8.60. The van der Waals surface area contributed by atoms with Gasteiger partial charge in [0.2, 0.25) is 5.78 Å². The molecule has 5 rings (SSSR count). The van der Waals surface area contributed by atoms with Crippen LogP contribution in [-0.4, -0.2) is 75.1 Å². The summed E-state index contributed by atoms with van der Waals surface area (Å²) in [5, 5.41) is 49.3. The fourth-order valence-corrected chi connectivity index (χ4v) is 6.75. The van der Waals surface area contributed by atoms with Gasteiger partial charge in [0.1, 0.15) is 22.8 Å². The lowest BCUT2D eigenvalue weighted by molar-refractivity contribution is -0.153. The number of carbonyl (C=O) groups is 3. The summed E-state index contributed by atoms with van der Waals surface area (Å²) in [4.78, 5) is 41.1. The Kier molecular flexibility index (Phi) is 7.11. The summed E-state index contributed by atoms with van der Waals surface area (Å²) < 4.78 is 5.33. The lowest BCUT2D eigenvalue weighted by atomic mass is 9.57. The molecule has 1 aromatic heterocycles. The second-order valence-electron chi connectivity index (χ2n) is 12.9. The van der Waals surface area contributed by atoms with E-state index < -0.39 is 58.0 Å². The van der Waals surface area contributed by atoms with E-state index in [1.807, 2.05) is 6.07 Å². The van der Waals surface area contributed by atoms with E-state index in [9.17, 15) is 34.8 Å². The van der Waals surface area contributed by atoms with Crippen molar-refractivity contribution < 1.29 is 39.2 Å². The number of benzene rings is 1. The Morgan fingerprint density at radius 3 is 2.48 bits per heavy atom. The minimum atomic E-state index is -2.68. The van der Waals surface area contributed by atoms with Crippen molar-refractivity contribution in [3.63, 3.8) is 0 Å². The first-order chi connectivity index (χ1) is 19.6. The number of nitrogens with zero attached hydrogens (tertiary/aromatic N) is 1. The van der Waals surface area contributed by atoms with Gasteiger partial charge in [-0.1, -0.05) is 20.8 Å². The van der Waals surface area contributed by atoms with Crippen LogP contribution in [0.15, 0.2) is 46.0 Å². The van der Waals surface area contributed by atoms with Gasteiger partial charge < -0.3 is 35.9 Å². The lowest BCUT2D eigenvalue weighted by Crippen LogP contribution is -2.65. The van der Waals surface area contributed by atoms with E-state index in [2.05, 4.69) is 26.1 Å². The van der Waals surface area contributed by atoms with Crippen molar-refractivity contribution in [1.29, 1.82) is 0 Å². The van der Waals surface area contributed by atoms with Gasteiger partial charge in [0, 0.05) is 35.7 Å². The smallest absolute Gasteiger partial charge is 0.255 e. The molecular weight excluding hydrogens is 542 g/mol. The number of Topliss-reactive ketones (excluding diaryl/α,β-unsaturated/α-hetero) is 2. The van der Waals surface area contributed by atoms with Gasteiger partial charge in [-0.15, -0.1) is 0 Å². The predicted octanol–water partition coefficient (Wildman–Crippen LogP) is 2.36. The molecule has 1 fully saturated rings. The van der Waals surface area contributed by atoms with E-state index in [4.69, 9.17) is 10.2 Å². The molecule has 1 amide bonds. The summed E-state index contributed by atoms with van der Waals surface area (Å²) in [5.74, 6) is -6.74. The van der Waals surface area contributed by atoms with Gasteiger partial charge in [0.15, 0.2) is 11.4 Å². The van der Waals surface area contributed by atoms with E-state index in [0.29, 0.717) is 28.8 Å². The molecule has 7 N–H and O–H groups in total. The molecule has 42 heavy (non-hydrogen) atoms. The van der Waals surface area contributed by atoms with Gasteiger partial charge >= 0.3 is 0 Å². The second-order valence-corrected chi connectivity index (χ2v) is 12.9. The third kappa shape index (κ3) is 4.43. The average Bonchev–Trinajstić information content (AvgIpc) is 3.41. The molecule has 1 saturated carbocycles. The lowest BCUT2D eigenvalue weighted by Gasteiger charge is -2.50. The Balaban J connectivity index is 1.71. The van der Waals surface area contributed by atoms with Crippen LogP contribution in [0, 0.1) is 17.3 Å². The Labute approximate surface area is 243 Å².